The predicted molar refractivity (Wildman–Crippen MR) is 56.0 cm³/mol. The Bertz CT molecular complexity index is 347. The van der Waals surface area contributed by atoms with E-state index < -0.39 is 6.10 Å². The Morgan fingerprint density at radius 1 is 1.40 bits per heavy atom. The summed E-state index contributed by atoms with van der Waals surface area (Å²) in [5.74, 6) is -0.261. The van der Waals surface area contributed by atoms with Crippen molar-refractivity contribution in [2.45, 2.75) is 12.1 Å². The van der Waals surface area contributed by atoms with E-state index in [0.717, 1.165) is 0 Å². The molecule has 0 spiro atoms. The predicted octanol–water partition coefficient (Wildman–Crippen LogP) is -0.111. The molecule has 4 nitrogen and oxygen atoms in total. The highest BCUT2D eigenvalue weighted by atomic mass is 16.3. The van der Waals surface area contributed by atoms with Gasteiger partial charge in [0.2, 0.25) is 0 Å². The molecule has 0 saturated carbocycles. The fourth-order valence-electron chi connectivity index (χ4n) is 1.64. The van der Waals surface area contributed by atoms with Gasteiger partial charge in [-0.3, -0.25) is 4.79 Å². The number of nitrogens with zero attached hydrogens (tertiary/aromatic N) is 1. The standard InChI is InChI=1S/C11H14N2O2/c12-9-6-13(7-9)11(15)10(14)8-4-2-1-3-5-8/h1-5,9-10,14H,6-7,12H2. The van der Waals surface area contributed by atoms with Crippen molar-refractivity contribution in [3.05, 3.63) is 35.9 Å². The third-order valence-electron chi connectivity index (χ3n) is 2.57. The van der Waals surface area contributed by atoms with Gasteiger partial charge in [-0.25, -0.2) is 0 Å². The number of aliphatic hydroxyl groups excluding tert-OH is 1. The first-order chi connectivity index (χ1) is 7.18. The van der Waals surface area contributed by atoms with E-state index in [-0.39, 0.29) is 11.9 Å². The van der Waals surface area contributed by atoms with Crippen LogP contribution in [0.1, 0.15) is 11.7 Å². The Balaban J connectivity index is 2.02. The summed E-state index contributed by atoms with van der Waals surface area (Å²) in [4.78, 5) is 13.3. The number of hydrogen-bond donors (Lipinski definition) is 2. The molecule has 1 aliphatic rings. The van der Waals surface area contributed by atoms with Crippen LogP contribution in [0.5, 0.6) is 0 Å². The van der Waals surface area contributed by atoms with Gasteiger partial charge in [0, 0.05) is 19.1 Å². The number of likely N-dealkylation sites (tertiary alicyclic amines) is 1. The molecule has 80 valence electrons. The van der Waals surface area contributed by atoms with Gasteiger partial charge in [0.05, 0.1) is 0 Å². The van der Waals surface area contributed by atoms with Gasteiger partial charge < -0.3 is 15.7 Å². The quantitative estimate of drug-likeness (QED) is 0.709. The Labute approximate surface area is 88.3 Å². The first-order valence-electron chi connectivity index (χ1n) is 4.96. The molecule has 1 aromatic rings. The molecule has 1 heterocycles. The van der Waals surface area contributed by atoms with Crippen molar-refractivity contribution in [2.24, 2.45) is 5.73 Å². The SMILES string of the molecule is NC1CN(C(=O)C(O)c2ccccc2)C1. The van der Waals surface area contributed by atoms with E-state index in [1.807, 2.05) is 6.07 Å². The van der Waals surface area contributed by atoms with Gasteiger partial charge in [-0.05, 0) is 5.56 Å². The van der Waals surface area contributed by atoms with Crippen LogP contribution < -0.4 is 5.73 Å². The van der Waals surface area contributed by atoms with E-state index >= 15 is 0 Å². The fraction of sp³-hybridized carbons (Fsp3) is 0.364. The van der Waals surface area contributed by atoms with E-state index in [4.69, 9.17) is 5.73 Å². The van der Waals surface area contributed by atoms with Crippen LogP contribution in [0.25, 0.3) is 0 Å². The highest BCUT2D eigenvalue weighted by Gasteiger charge is 2.32. The molecule has 1 atom stereocenters. The van der Waals surface area contributed by atoms with Crippen molar-refractivity contribution in [1.82, 2.24) is 4.90 Å². The number of amides is 1. The Morgan fingerprint density at radius 3 is 2.53 bits per heavy atom. The minimum Gasteiger partial charge on any atom is -0.378 e. The third kappa shape index (κ3) is 2.00. The summed E-state index contributed by atoms with van der Waals surface area (Å²) >= 11 is 0. The largest absolute Gasteiger partial charge is 0.378 e. The zero-order valence-corrected chi connectivity index (χ0v) is 8.34. The zero-order chi connectivity index (χ0) is 10.8. The van der Waals surface area contributed by atoms with Gasteiger partial charge in [0.15, 0.2) is 6.10 Å². The highest BCUT2D eigenvalue weighted by molar-refractivity contribution is 5.82. The molecule has 1 aliphatic heterocycles. The Hall–Kier alpha value is -1.39. The van der Waals surface area contributed by atoms with Crippen molar-refractivity contribution in [2.75, 3.05) is 13.1 Å². The Kier molecular flexibility index (Phi) is 2.70. The molecule has 15 heavy (non-hydrogen) atoms. The lowest BCUT2D eigenvalue weighted by Gasteiger charge is -2.38. The lowest BCUT2D eigenvalue weighted by atomic mass is 10.0. The summed E-state index contributed by atoms with van der Waals surface area (Å²) in [6, 6.07) is 8.99. The molecule has 4 heteroatoms. The van der Waals surface area contributed by atoms with Crippen LogP contribution in [0.15, 0.2) is 30.3 Å². The molecule has 1 unspecified atom stereocenters. The molecule has 0 aromatic heterocycles. The molecule has 3 N–H and O–H groups in total. The number of carbonyl (C=O) groups is 1. The van der Waals surface area contributed by atoms with E-state index in [1.165, 1.54) is 0 Å². The van der Waals surface area contributed by atoms with Crippen molar-refractivity contribution < 1.29 is 9.90 Å². The maximum atomic E-state index is 11.7. The van der Waals surface area contributed by atoms with Crippen LogP contribution >= 0.6 is 0 Å². The van der Waals surface area contributed by atoms with Crippen molar-refractivity contribution in [3.63, 3.8) is 0 Å². The smallest absolute Gasteiger partial charge is 0.256 e. The molecule has 1 fully saturated rings. The summed E-state index contributed by atoms with van der Waals surface area (Å²) in [6.45, 7) is 1.09. The number of aliphatic hydroxyl groups is 1. The molecule has 1 amide bonds. The number of carbonyl (C=O) groups excluding carboxylic acids is 1. The van der Waals surface area contributed by atoms with Gasteiger partial charge in [0.1, 0.15) is 0 Å². The summed E-state index contributed by atoms with van der Waals surface area (Å²) in [5, 5.41) is 9.78. The van der Waals surface area contributed by atoms with Gasteiger partial charge in [-0.2, -0.15) is 0 Å². The maximum absolute atomic E-state index is 11.7. The van der Waals surface area contributed by atoms with E-state index in [2.05, 4.69) is 0 Å². The summed E-state index contributed by atoms with van der Waals surface area (Å²) in [5.41, 5.74) is 6.20. The molecular weight excluding hydrogens is 192 g/mol. The first kappa shape index (κ1) is 10.1. The van der Waals surface area contributed by atoms with Gasteiger partial charge in [-0.1, -0.05) is 30.3 Å². The van der Waals surface area contributed by atoms with Crippen LogP contribution in [0.3, 0.4) is 0 Å². The molecule has 0 radical (unpaired) electrons. The topological polar surface area (TPSA) is 66.6 Å². The second-order valence-electron chi connectivity index (χ2n) is 3.82. The number of nitrogens with two attached hydrogens (primary N) is 1. The first-order valence-corrected chi connectivity index (χ1v) is 4.96. The normalized spacial score (nSPS) is 18.4. The van der Waals surface area contributed by atoms with Crippen LogP contribution in [0.2, 0.25) is 0 Å². The molecule has 1 saturated heterocycles. The number of benzene rings is 1. The van der Waals surface area contributed by atoms with Gasteiger partial charge in [-0.15, -0.1) is 0 Å². The van der Waals surface area contributed by atoms with Crippen LogP contribution in [-0.4, -0.2) is 35.0 Å². The Morgan fingerprint density at radius 2 is 2.00 bits per heavy atom. The van der Waals surface area contributed by atoms with E-state index in [1.54, 1.807) is 29.2 Å². The second-order valence-corrected chi connectivity index (χ2v) is 3.82. The van der Waals surface area contributed by atoms with Crippen LogP contribution in [-0.2, 0) is 4.79 Å². The highest BCUT2D eigenvalue weighted by Crippen LogP contribution is 2.18. The van der Waals surface area contributed by atoms with Gasteiger partial charge >= 0.3 is 0 Å². The fourth-order valence-corrected chi connectivity index (χ4v) is 1.64. The van der Waals surface area contributed by atoms with Crippen LogP contribution in [0.4, 0.5) is 0 Å². The van der Waals surface area contributed by atoms with E-state index in [9.17, 15) is 9.90 Å². The summed E-state index contributed by atoms with van der Waals surface area (Å²) < 4.78 is 0. The van der Waals surface area contributed by atoms with Crippen molar-refractivity contribution >= 4 is 5.91 Å². The molecule has 0 aliphatic carbocycles. The monoisotopic (exact) mass is 206 g/mol. The minimum atomic E-state index is -1.06. The lowest BCUT2D eigenvalue weighted by Crippen LogP contribution is -2.58. The maximum Gasteiger partial charge on any atom is 0.256 e. The average Bonchev–Trinajstić information content (AvgIpc) is 2.24. The number of hydrogen-bond acceptors (Lipinski definition) is 3. The van der Waals surface area contributed by atoms with E-state index in [0.29, 0.717) is 18.7 Å². The van der Waals surface area contributed by atoms with Crippen molar-refractivity contribution in [1.29, 1.82) is 0 Å². The van der Waals surface area contributed by atoms with Crippen molar-refractivity contribution in [3.8, 4) is 0 Å². The summed E-state index contributed by atoms with van der Waals surface area (Å²) in [7, 11) is 0. The zero-order valence-electron chi connectivity index (χ0n) is 8.34. The number of rotatable bonds is 2. The molecule has 2 rings (SSSR count). The molecule has 1 aromatic carbocycles. The third-order valence-corrected chi connectivity index (χ3v) is 2.57. The van der Waals surface area contributed by atoms with Gasteiger partial charge in [0.25, 0.3) is 5.91 Å². The van der Waals surface area contributed by atoms with Crippen LogP contribution in [0, 0.1) is 0 Å². The summed E-state index contributed by atoms with van der Waals surface area (Å²) in [6.07, 6.45) is -1.06. The molecular formula is C11H14N2O2. The minimum absolute atomic E-state index is 0.0666. The second kappa shape index (κ2) is 4.00. The molecule has 0 bridgehead atoms. The lowest BCUT2D eigenvalue weighted by molar-refractivity contribution is -0.145. The average molecular weight is 206 g/mol.